The summed E-state index contributed by atoms with van der Waals surface area (Å²) in [6.07, 6.45) is 5.41. The van der Waals surface area contributed by atoms with E-state index >= 15 is 0 Å². The van der Waals surface area contributed by atoms with E-state index in [-0.39, 0.29) is 23.2 Å². The number of ether oxygens (including phenoxy) is 1. The van der Waals surface area contributed by atoms with Gasteiger partial charge >= 0.3 is 0 Å². The Morgan fingerprint density at radius 3 is 2.71 bits per heavy atom. The topological polar surface area (TPSA) is 63.9 Å². The molecule has 1 aliphatic carbocycles. The average molecular weight is 474 g/mol. The maximum Gasteiger partial charge on any atom is 0.177 e. The molecule has 6 heteroatoms. The summed E-state index contributed by atoms with van der Waals surface area (Å²) in [6.45, 7) is 9.86. The minimum Gasteiger partial charge on any atom is -0.374 e. The first-order valence-electron chi connectivity index (χ1n) is 12.6. The summed E-state index contributed by atoms with van der Waals surface area (Å²) in [5.74, 6) is 0.801. The van der Waals surface area contributed by atoms with Crippen molar-refractivity contribution in [2.75, 3.05) is 13.7 Å². The Balaban J connectivity index is 1.27. The van der Waals surface area contributed by atoms with Crippen LogP contribution in [0.15, 0.2) is 46.7 Å². The van der Waals surface area contributed by atoms with Crippen LogP contribution in [0.3, 0.4) is 0 Å². The number of aromatic nitrogens is 1. The molecule has 5 rings (SSSR count). The van der Waals surface area contributed by atoms with Crippen molar-refractivity contribution in [3.63, 3.8) is 0 Å². The fourth-order valence-corrected chi connectivity index (χ4v) is 5.68. The lowest BCUT2D eigenvalue weighted by Crippen LogP contribution is -2.45. The lowest BCUT2D eigenvalue weighted by molar-refractivity contribution is -0.119. The first-order chi connectivity index (χ1) is 16.7. The van der Waals surface area contributed by atoms with Crippen LogP contribution >= 0.6 is 0 Å². The summed E-state index contributed by atoms with van der Waals surface area (Å²) in [5, 5.41) is 0. The molecular weight excluding hydrogens is 438 g/mol. The summed E-state index contributed by atoms with van der Waals surface area (Å²) in [6, 6.07) is 8.26. The van der Waals surface area contributed by atoms with E-state index in [1.54, 1.807) is 14.0 Å². The zero-order valence-electron chi connectivity index (χ0n) is 21.5. The number of carbonyl (C=O) groups excluding carboxylic acids is 2. The molecule has 0 N–H and O–H groups in total. The quantitative estimate of drug-likeness (QED) is 0.565. The second kappa shape index (κ2) is 8.90. The molecule has 35 heavy (non-hydrogen) atoms. The number of Topliss-reactive ketones (excluding diaryl/α,β-unsaturated/α-hetero) is 2. The number of ketones is 2. The van der Waals surface area contributed by atoms with Crippen LogP contribution in [0.5, 0.6) is 0 Å². The van der Waals surface area contributed by atoms with Crippen molar-refractivity contribution in [3.8, 4) is 0 Å². The van der Waals surface area contributed by atoms with Gasteiger partial charge in [0.2, 0.25) is 0 Å². The van der Waals surface area contributed by atoms with Crippen LogP contribution in [-0.2, 0) is 33.7 Å². The van der Waals surface area contributed by atoms with Gasteiger partial charge in [-0.15, -0.1) is 0 Å². The Hall–Kier alpha value is -2.99. The Labute approximate surface area is 207 Å². The number of aliphatic imine (C=N–C) groups is 1. The predicted octanol–water partition coefficient (Wildman–Crippen LogP) is 5.05. The highest BCUT2D eigenvalue weighted by Crippen LogP contribution is 2.43. The summed E-state index contributed by atoms with van der Waals surface area (Å²) in [4.78, 5) is 32.4. The van der Waals surface area contributed by atoms with Crippen LogP contribution in [-0.4, -0.2) is 46.0 Å². The molecule has 1 aromatic carbocycles. The Morgan fingerprint density at radius 2 is 2.00 bits per heavy atom. The smallest absolute Gasteiger partial charge is 0.177 e. The third-order valence-electron chi connectivity index (χ3n) is 8.21. The van der Waals surface area contributed by atoms with Crippen molar-refractivity contribution in [3.05, 3.63) is 64.0 Å². The van der Waals surface area contributed by atoms with Crippen molar-refractivity contribution in [1.29, 1.82) is 0 Å². The summed E-state index contributed by atoms with van der Waals surface area (Å²) in [7, 11) is 1.79. The highest BCUT2D eigenvalue weighted by atomic mass is 16.5. The zero-order chi connectivity index (χ0) is 24.9. The molecule has 1 aromatic heterocycles. The summed E-state index contributed by atoms with van der Waals surface area (Å²) in [5.41, 5.74) is 8.13. The minimum absolute atomic E-state index is 0.0369. The Morgan fingerprint density at radius 1 is 1.20 bits per heavy atom. The summed E-state index contributed by atoms with van der Waals surface area (Å²) >= 11 is 0. The predicted molar refractivity (Wildman–Crippen MR) is 137 cm³/mol. The van der Waals surface area contributed by atoms with E-state index < -0.39 is 0 Å². The molecule has 0 saturated heterocycles. The molecule has 2 aromatic rings. The van der Waals surface area contributed by atoms with E-state index in [4.69, 9.17) is 4.74 Å². The van der Waals surface area contributed by atoms with Crippen molar-refractivity contribution >= 4 is 23.1 Å². The molecule has 0 saturated carbocycles. The van der Waals surface area contributed by atoms with Gasteiger partial charge in [0.05, 0.1) is 17.4 Å². The highest BCUT2D eigenvalue weighted by Gasteiger charge is 2.41. The first-order valence-corrected chi connectivity index (χ1v) is 12.6. The maximum absolute atomic E-state index is 13.1. The number of carbonyl (C=O) groups is 2. The monoisotopic (exact) mass is 473 g/mol. The van der Waals surface area contributed by atoms with Crippen LogP contribution in [0.4, 0.5) is 5.82 Å². The lowest BCUT2D eigenvalue weighted by atomic mass is 9.77. The standard InChI is InChI=1S/C29H35N3O3/c1-18-12-28-30-24(14-25(20(3)33)32(28)16-18)27(34)9-7-21-6-8-22-10-11-31(17-23(22)13-21)26-15-29(4,35-5)19(26)2/h6,8,12-13,16,25H,7,9-11,14-15,17H2,1-5H3. The molecular formula is C29H35N3O3. The van der Waals surface area contributed by atoms with Crippen molar-refractivity contribution in [2.24, 2.45) is 4.99 Å². The van der Waals surface area contributed by atoms with Crippen LogP contribution in [0, 0.1) is 6.92 Å². The van der Waals surface area contributed by atoms with Gasteiger partial charge in [-0.25, -0.2) is 4.99 Å². The van der Waals surface area contributed by atoms with E-state index in [9.17, 15) is 9.59 Å². The van der Waals surface area contributed by atoms with Gasteiger partial charge in [0.25, 0.3) is 0 Å². The van der Waals surface area contributed by atoms with Gasteiger partial charge in [0.1, 0.15) is 5.82 Å². The van der Waals surface area contributed by atoms with Crippen molar-refractivity contribution in [2.45, 2.75) is 78.0 Å². The van der Waals surface area contributed by atoms with Crippen LogP contribution in [0.2, 0.25) is 0 Å². The molecule has 2 atom stereocenters. The molecule has 3 heterocycles. The second-order valence-corrected chi connectivity index (χ2v) is 10.6. The van der Waals surface area contributed by atoms with E-state index in [1.165, 1.54) is 28.0 Å². The maximum atomic E-state index is 13.1. The van der Waals surface area contributed by atoms with Gasteiger partial charge in [0, 0.05) is 51.4 Å². The molecule has 0 spiro atoms. The third-order valence-corrected chi connectivity index (χ3v) is 8.21. The molecule has 0 amide bonds. The number of nitrogens with zero attached hydrogens (tertiary/aromatic N) is 3. The van der Waals surface area contributed by atoms with Crippen LogP contribution in [0.25, 0.3) is 0 Å². The Kier molecular flexibility index (Phi) is 6.04. The molecule has 3 aliphatic rings. The van der Waals surface area contributed by atoms with Gasteiger partial charge in [-0.1, -0.05) is 18.2 Å². The van der Waals surface area contributed by atoms with Gasteiger partial charge in [-0.05, 0) is 74.4 Å². The largest absolute Gasteiger partial charge is 0.374 e. The average Bonchev–Trinajstić information content (AvgIpc) is 3.23. The molecule has 6 nitrogen and oxygen atoms in total. The lowest BCUT2D eigenvalue weighted by Gasteiger charge is -2.47. The van der Waals surface area contributed by atoms with Crippen LogP contribution < -0.4 is 0 Å². The molecule has 2 unspecified atom stereocenters. The number of fused-ring (bicyclic) bond motifs is 2. The zero-order valence-corrected chi connectivity index (χ0v) is 21.5. The molecule has 0 radical (unpaired) electrons. The van der Waals surface area contributed by atoms with Gasteiger partial charge in [0.15, 0.2) is 11.6 Å². The highest BCUT2D eigenvalue weighted by molar-refractivity contribution is 6.41. The number of hydrogen-bond donors (Lipinski definition) is 0. The number of hydrogen-bond acceptors (Lipinski definition) is 5. The minimum atomic E-state index is -0.339. The van der Waals surface area contributed by atoms with Crippen molar-refractivity contribution < 1.29 is 14.3 Å². The summed E-state index contributed by atoms with van der Waals surface area (Å²) < 4.78 is 7.60. The third kappa shape index (κ3) is 4.29. The molecule has 2 aliphatic heterocycles. The SMILES string of the molecule is COC1(C)CC(N2CCc3ccc(CCC(=O)C4=Nc5cc(C)cn5C(C(C)=O)C4)cc3C2)=C1C. The van der Waals surface area contributed by atoms with Crippen LogP contribution in [0.1, 0.15) is 68.3 Å². The number of methoxy groups -OCH3 is 1. The second-order valence-electron chi connectivity index (χ2n) is 10.6. The molecule has 184 valence electrons. The van der Waals surface area contributed by atoms with Gasteiger partial charge < -0.3 is 14.2 Å². The number of rotatable bonds is 7. The fraction of sp³-hybridized carbons (Fsp3) is 0.483. The van der Waals surface area contributed by atoms with Crippen molar-refractivity contribution in [1.82, 2.24) is 9.47 Å². The van der Waals surface area contributed by atoms with E-state index in [0.29, 0.717) is 30.8 Å². The normalized spacial score (nSPS) is 23.4. The fourth-order valence-electron chi connectivity index (χ4n) is 5.68. The molecule has 0 fully saturated rings. The number of aryl methyl sites for hydroxylation is 2. The number of benzene rings is 1. The van der Waals surface area contributed by atoms with Gasteiger partial charge in [-0.2, -0.15) is 0 Å². The Bertz CT molecular complexity index is 1270. The van der Waals surface area contributed by atoms with E-state index in [2.05, 4.69) is 41.9 Å². The van der Waals surface area contributed by atoms with E-state index in [0.717, 1.165) is 31.5 Å². The van der Waals surface area contributed by atoms with Gasteiger partial charge in [-0.3, -0.25) is 9.59 Å². The van der Waals surface area contributed by atoms with E-state index in [1.807, 2.05) is 23.8 Å². The first kappa shape index (κ1) is 23.7. The molecule has 0 bridgehead atoms.